The fourth-order valence-electron chi connectivity index (χ4n) is 3.59. The number of nitrogens with zero attached hydrogens (tertiary/aromatic N) is 3. The number of hydrogen-bond acceptors (Lipinski definition) is 4. The second kappa shape index (κ2) is 8.51. The van der Waals surface area contributed by atoms with Crippen molar-refractivity contribution in [3.05, 3.63) is 29.8 Å². The van der Waals surface area contributed by atoms with Gasteiger partial charge in [0.05, 0.1) is 12.6 Å². The molecule has 0 saturated carbocycles. The van der Waals surface area contributed by atoms with E-state index in [0.717, 1.165) is 45.6 Å². The van der Waals surface area contributed by atoms with Crippen molar-refractivity contribution < 1.29 is 14.3 Å². The van der Waals surface area contributed by atoms with Crippen molar-refractivity contribution in [1.29, 1.82) is 0 Å². The van der Waals surface area contributed by atoms with Crippen molar-refractivity contribution in [3.8, 4) is 0 Å². The summed E-state index contributed by atoms with van der Waals surface area (Å²) in [5.41, 5.74) is 1.26. The number of ether oxygens (including phenoxy) is 1. The van der Waals surface area contributed by atoms with E-state index in [4.69, 9.17) is 4.74 Å². The molecule has 3 rings (SSSR count). The van der Waals surface area contributed by atoms with Crippen LogP contribution >= 0.6 is 0 Å². The summed E-state index contributed by atoms with van der Waals surface area (Å²) >= 11 is 0. The monoisotopic (exact) mass is 360 g/mol. The van der Waals surface area contributed by atoms with Gasteiger partial charge in [0.15, 0.2) is 0 Å². The third-order valence-corrected chi connectivity index (χ3v) is 5.15. The predicted octanol–water partition coefficient (Wildman–Crippen LogP) is 1.72. The number of piperazine rings is 1. The fourth-order valence-corrected chi connectivity index (χ4v) is 3.59. The predicted molar refractivity (Wildman–Crippen MR) is 100 cm³/mol. The van der Waals surface area contributed by atoms with Gasteiger partial charge in [-0.05, 0) is 38.1 Å². The van der Waals surface area contributed by atoms with Crippen LogP contribution in [0.3, 0.4) is 0 Å². The number of carbonyl (C=O) groups is 2. The Morgan fingerprint density at radius 3 is 2.69 bits per heavy atom. The minimum atomic E-state index is -0.131. The lowest BCUT2D eigenvalue weighted by molar-refractivity contribution is 0.0664. The molecule has 0 aromatic heterocycles. The highest BCUT2D eigenvalue weighted by Crippen LogP contribution is 2.20. The zero-order valence-corrected chi connectivity index (χ0v) is 15.6. The zero-order valence-electron chi connectivity index (χ0n) is 15.6. The normalized spacial score (nSPS) is 21.1. The maximum atomic E-state index is 12.7. The van der Waals surface area contributed by atoms with E-state index in [1.165, 1.54) is 0 Å². The largest absolute Gasteiger partial charge is 0.383 e. The summed E-state index contributed by atoms with van der Waals surface area (Å²) in [6, 6.07) is 7.19. The summed E-state index contributed by atoms with van der Waals surface area (Å²) in [7, 11) is 3.72. The SMILES string of the molecule is COC[C@@H]1CCCN1C(=O)Nc1cccc(C(=O)N2CCN(C)CC2)c1. The average molecular weight is 360 g/mol. The van der Waals surface area contributed by atoms with Crippen molar-refractivity contribution in [2.24, 2.45) is 0 Å². The molecule has 1 aromatic rings. The molecule has 0 aliphatic carbocycles. The number of urea groups is 1. The Morgan fingerprint density at radius 2 is 1.96 bits per heavy atom. The van der Waals surface area contributed by atoms with Crippen LogP contribution < -0.4 is 5.32 Å². The van der Waals surface area contributed by atoms with E-state index in [2.05, 4.69) is 17.3 Å². The number of amides is 3. The Bertz CT molecular complexity index is 643. The third kappa shape index (κ3) is 4.34. The van der Waals surface area contributed by atoms with Gasteiger partial charge in [0.1, 0.15) is 0 Å². The number of rotatable bonds is 4. The molecular weight excluding hydrogens is 332 g/mol. The Hall–Kier alpha value is -2.12. The summed E-state index contributed by atoms with van der Waals surface area (Å²) in [6.45, 7) is 4.53. The Labute approximate surface area is 154 Å². The van der Waals surface area contributed by atoms with Crippen LogP contribution in [0, 0.1) is 0 Å². The highest BCUT2D eigenvalue weighted by molar-refractivity contribution is 5.97. The van der Waals surface area contributed by atoms with Crippen LogP contribution in [-0.2, 0) is 4.74 Å². The molecule has 3 amide bonds. The first-order chi connectivity index (χ1) is 12.6. The van der Waals surface area contributed by atoms with Gasteiger partial charge in [-0.3, -0.25) is 4.79 Å². The molecule has 0 spiro atoms. The van der Waals surface area contributed by atoms with Crippen LogP contribution in [0.2, 0.25) is 0 Å². The highest BCUT2D eigenvalue weighted by atomic mass is 16.5. The van der Waals surface area contributed by atoms with E-state index in [-0.39, 0.29) is 18.0 Å². The highest BCUT2D eigenvalue weighted by Gasteiger charge is 2.28. The Morgan fingerprint density at radius 1 is 1.19 bits per heavy atom. The molecule has 7 heteroatoms. The number of nitrogens with one attached hydrogen (secondary N) is 1. The topological polar surface area (TPSA) is 65.1 Å². The van der Waals surface area contributed by atoms with Gasteiger partial charge in [-0.25, -0.2) is 4.79 Å². The zero-order chi connectivity index (χ0) is 18.5. The molecule has 1 aromatic carbocycles. The lowest BCUT2D eigenvalue weighted by Crippen LogP contribution is -2.47. The van der Waals surface area contributed by atoms with E-state index in [9.17, 15) is 9.59 Å². The molecular formula is C19H28N4O3. The lowest BCUT2D eigenvalue weighted by atomic mass is 10.1. The van der Waals surface area contributed by atoms with Gasteiger partial charge in [0, 0.05) is 51.1 Å². The van der Waals surface area contributed by atoms with E-state index in [1.807, 2.05) is 21.9 Å². The first-order valence-corrected chi connectivity index (χ1v) is 9.23. The number of hydrogen-bond donors (Lipinski definition) is 1. The van der Waals surface area contributed by atoms with Gasteiger partial charge in [-0.2, -0.15) is 0 Å². The summed E-state index contributed by atoms with van der Waals surface area (Å²) < 4.78 is 5.21. The molecule has 0 radical (unpaired) electrons. The number of anilines is 1. The average Bonchev–Trinajstić information content (AvgIpc) is 3.11. The second-order valence-corrected chi connectivity index (χ2v) is 7.05. The molecule has 7 nitrogen and oxygen atoms in total. The first kappa shape index (κ1) is 18.7. The molecule has 0 unspecified atom stereocenters. The smallest absolute Gasteiger partial charge is 0.322 e. The molecule has 142 valence electrons. The van der Waals surface area contributed by atoms with E-state index < -0.39 is 0 Å². The number of benzene rings is 1. The van der Waals surface area contributed by atoms with Gasteiger partial charge in [-0.15, -0.1) is 0 Å². The molecule has 2 heterocycles. The van der Waals surface area contributed by atoms with Crippen molar-refractivity contribution in [2.45, 2.75) is 18.9 Å². The molecule has 2 fully saturated rings. The quantitative estimate of drug-likeness (QED) is 0.888. The number of likely N-dealkylation sites (N-methyl/N-ethyl adjacent to an activating group) is 1. The minimum absolute atomic E-state index is 0.0210. The van der Waals surface area contributed by atoms with Gasteiger partial charge in [0.2, 0.25) is 0 Å². The summed E-state index contributed by atoms with van der Waals surface area (Å²) in [6.07, 6.45) is 1.95. The van der Waals surface area contributed by atoms with Gasteiger partial charge in [-0.1, -0.05) is 6.07 Å². The summed E-state index contributed by atoms with van der Waals surface area (Å²) in [5, 5.41) is 2.93. The van der Waals surface area contributed by atoms with Crippen LogP contribution in [0.1, 0.15) is 23.2 Å². The van der Waals surface area contributed by atoms with Gasteiger partial charge >= 0.3 is 6.03 Å². The van der Waals surface area contributed by atoms with Crippen LogP contribution in [0.4, 0.5) is 10.5 Å². The first-order valence-electron chi connectivity index (χ1n) is 9.23. The Balaban J connectivity index is 1.63. The fraction of sp³-hybridized carbons (Fsp3) is 0.579. The maximum Gasteiger partial charge on any atom is 0.322 e. The van der Waals surface area contributed by atoms with Crippen LogP contribution in [0.15, 0.2) is 24.3 Å². The van der Waals surface area contributed by atoms with E-state index in [1.54, 1.807) is 19.2 Å². The molecule has 2 aliphatic rings. The van der Waals surface area contributed by atoms with Gasteiger partial charge < -0.3 is 24.8 Å². The van der Waals surface area contributed by atoms with Gasteiger partial charge in [0.25, 0.3) is 5.91 Å². The second-order valence-electron chi connectivity index (χ2n) is 7.05. The lowest BCUT2D eigenvalue weighted by Gasteiger charge is -2.32. The number of likely N-dealkylation sites (tertiary alicyclic amines) is 1. The molecule has 2 saturated heterocycles. The van der Waals surface area contributed by atoms with Crippen LogP contribution in [0.25, 0.3) is 0 Å². The molecule has 0 bridgehead atoms. The van der Waals surface area contributed by atoms with Crippen LogP contribution in [0.5, 0.6) is 0 Å². The van der Waals surface area contributed by atoms with Crippen molar-refractivity contribution in [1.82, 2.24) is 14.7 Å². The summed E-state index contributed by atoms with van der Waals surface area (Å²) in [4.78, 5) is 31.2. The molecule has 1 atom stereocenters. The van der Waals surface area contributed by atoms with Crippen molar-refractivity contribution in [3.63, 3.8) is 0 Å². The van der Waals surface area contributed by atoms with Crippen molar-refractivity contribution >= 4 is 17.6 Å². The van der Waals surface area contributed by atoms with E-state index in [0.29, 0.717) is 17.9 Å². The molecule has 1 N–H and O–H groups in total. The van der Waals surface area contributed by atoms with Crippen molar-refractivity contribution in [2.75, 3.05) is 58.8 Å². The minimum Gasteiger partial charge on any atom is -0.383 e. The Kier molecular flexibility index (Phi) is 6.11. The number of carbonyl (C=O) groups excluding carboxylic acids is 2. The summed E-state index contributed by atoms with van der Waals surface area (Å²) in [5.74, 6) is 0.0210. The van der Waals surface area contributed by atoms with Crippen LogP contribution in [-0.4, -0.2) is 86.2 Å². The molecule has 26 heavy (non-hydrogen) atoms. The maximum absolute atomic E-state index is 12.7. The van der Waals surface area contributed by atoms with E-state index >= 15 is 0 Å². The molecule has 2 aliphatic heterocycles. The third-order valence-electron chi connectivity index (χ3n) is 5.15. The standard InChI is InChI=1S/C19H28N4O3/c1-21-9-11-22(12-10-21)18(24)15-5-3-6-16(13-15)20-19(25)23-8-4-7-17(23)14-26-2/h3,5-6,13,17H,4,7-12,14H2,1-2H3,(H,20,25)/t17-/m0/s1. The number of methoxy groups -OCH3 is 1.